The maximum atomic E-state index is 10.9. The van der Waals surface area contributed by atoms with E-state index in [0.29, 0.717) is 5.02 Å². The average Bonchev–Trinajstić information content (AvgIpc) is 2.62. The summed E-state index contributed by atoms with van der Waals surface area (Å²) in [5.74, 6) is 0.738. The van der Waals surface area contributed by atoms with Crippen LogP contribution in [0.15, 0.2) is 24.3 Å². The smallest absolute Gasteiger partial charge is 0.126 e. The molecule has 0 bridgehead atoms. The number of rotatable bonds is 6. The Morgan fingerprint density at radius 2 is 2.00 bits per heavy atom. The molecule has 3 atom stereocenters. The summed E-state index contributed by atoms with van der Waals surface area (Å²) in [6.45, 7) is 5.82. The molecule has 0 unspecified atom stereocenters. The lowest BCUT2D eigenvalue weighted by Gasteiger charge is -2.44. The van der Waals surface area contributed by atoms with Crippen LogP contribution in [0.3, 0.4) is 0 Å². The molecule has 1 aromatic carbocycles. The number of benzene rings is 1. The molecule has 1 N–H and O–H groups in total. The molecule has 0 radical (unpaired) electrons. The number of halogens is 1. The van der Waals surface area contributed by atoms with Gasteiger partial charge < -0.3 is 14.6 Å². The van der Waals surface area contributed by atoms with Crippen molar-refractivity contribution in [2.24, 2.45) is 0 Å². The minimum Gasteiger partial charge on any atom is -0.488 e. The quantitative estimate of drug-likeness (QED) is 0.834. The van der Waals surface area contributed by atoms with E-state index in [2.05, 4.69) is 9.80 Å². The first kappa shape index (κ1) is 18.9. The molecule has 2 fully saturated rings. The van der Waals surface area contributed by atoms with Gasteiger partial charge in [-0.15, -0.1) is 0 Å². The van der Waals surface area contributed by atoms with Crippen LogP contribution in [-0.2, 0) is 4.74 Å². The van der Waals surface area contributed by atoms with Crippen molar-refractivity contribution < 1.29 is 14.6 Å². The Morgan fingerprint density at radius 1 is 1.20 bits per heavy atom. The number of nitrogens with zero attached hydrogens (tertiary/aromatic N) is 2. The highest BCUT2D eigenvalue weighted by atomic mass is 35.5. The third-order valence-electron chi connectivity index (χ3n) is 5.33. The SMILES string of the molecule is COCCN1CCN([C@H]2CCC[C@@H](Oc3cccc(Cl)c3)[C@@H]2O)CC1. The van der Waals surface area contributed by atoms with Crippen molar-refractivity contribution >= 4 is 11.6 Å². The highest BCUT2D eigenvalue weighted by molar-refractivity contribution is 6.30. The van der Waals surface area contributed by atoms with E-state index in [9.17, 15) is 5.11 Å². The van der Waals surface area contributed by atoms with Gasteiger partial charge in [-0.2, -0.15) is 0 Å². The van der Waals surface area contributed by atoms with Crippen molar-refractivity contribution in [1.82, 2.24) is 9.80 Å². The van der Waals surface area contributed by atoms with Gasteiger partial charge in [-0.25, -0.2) is 0 Å². The first-order chi connectivity index (χ1) is 12.2. The second-order valence-electron chi connectivity index (χ2n) is 6.97. The van der Waals surface area contributed by atoms with Crippen LogP contribution < -0.4 is 4.74 Å². The van der Waals surface area contributed by atoms with Crippen LogP contribution in [-0.4, -0.2) is 79.6 Å². The van der Waals surface area contributed by atoms with Gasteiger partial charge in [0.25, 0.3) is 0 Å². The largest absolute Gasteiger partial charge is 0.488 e. The summed E-state index contributed by atoms with van der Waals surface area (Å²) >= 11 is 6.03. The fraction of sp³-hybridized carbons (Fsp3) is 0.684. The van der Waals surface area contributed by atoms with Crippen molar-refractivity contribution in [3.05, 3.63) is 29.3 Å². The van der Waals surface area contributed by atoms with E-state index in [4.69, 9.17) is 21.1 Å². The Kier molecular flexibility index (Phi) is 6.96. The lowest BCUT2D eigenvalue weighted by Crippen LogP contribution is -2.58. The zero-order valence-electron chi connectivity index (χ0n) is 14.9. The summed E-state index contributed by atoms with van der Waals surface area (Å²) in [7, 11) is 1.74. The third-order valence-corrected chi connectivity index (χ3v) is 5.57. The van der Waals surface area contributed by atoms with Crippen LogP contribution in [0.2, 0.25) is 5.02 Å². The van der Waals surface area contributed by atoms with Gasteiger partial charge in [0, 0.05) is 50.9 Å². The monoisotopic (exact) mass is 368 g/mol. The van der Waals surface area contributed by atoms with Crippen LogP contribution in [0.25, 0.3) is 0 Å². The average molecular weight is 369 g/mol. The Labute approximate surface area is 155 Å². The molecular formula is C19H29ClN2O3. The molecule has 0 spiro atoms. The van der Waals surface area contributed by atoms with E-state index in [-0.39, 0.29) is 12.1 Å². The summed E-state index contributed by atoms with van der Waals surface area (Å²) in [5.41, 5.74) is 0. The first-order valence-electron chi connectivity index (χ1n) is 9.23. The normalized spacial score (nSPS) is 28.8. The Balaban J connectivity index is 1.54. The minimum atomic E-state index is -0.460. The van der Waals surface area contributed by atoms with E-state index in [1.54, 1.807) is 7.11 Å². The zero-order chi connectivity index (χ0) is 17.6. The van der Waals surface area contributed by atoms with Crippen molar-refractivity contribution in [3.8, 4) is 5.75 Å². The lowest BCUT2D eigenvalue weighted by molar-refractivity contribution is -0.0640. The van der Waals surface area contributed by atoms with Gasteiger partial charge >= 0.3 is 0 Å². The van der Waals surface area contributed by atoms with E-state index >= 15 is 0 Å². The van der Waals surface area contributed by atoms with Gasteiger partial charge in [-0.3, -0.25) is 9.80 Å². The van der Waals surface area contributed by atoms with E-state index in [1.165, 1.54) is 0 Å². The molecule has 1 aromatic rings. The number of hydrogen-bond acceptors (Lipinski definition) is 5. The molecule has 1 heterocycles. The number of piperazine rings is 1. The summed E-state index contributed by atoms with van der Waals surface area (Å²) in [4.78, 5) is 4.86. The van der Waals surface area contributed by atoms with Crippen LogP contribution in [0.1, 0.15) is 19.3 Å². The Hall–Kier alpha value is -0.850. The van der Waals surface area contributed by atoms with Gasteiger partial charge in [-0.1, -0.05) is 17.7 Å². The van der Waals surface area contributed by atoms with Gasteiger partial charge in [0.2, 0.25) is 0 Å². The summed E-state index contributed by atoms with van der Waals surface area (Å²) < 4.78 is 11.2. The fourth-order valence-corrected chi connectivity index (χ4v) is 4.08. The zero-order valence-corrected chi connectivity index (χ0v) is 15.7. The topological polar surface area (TPSA) is 45.2 Å². The molecule has 140 valence electrons. The number of ether oxygens (including phenoxy) is 2. The Morgan fingerprint density at radius 3 is 2.72 bits per heavy atom. The fourth-order valence-electron chi connectivity index (χ4n) is 3.90. The first-order valence-corrected chi connectivity index (χ1v) is 9.61. The van der Waals surface area contributed by atoms with Crippen LogP contribution in [0.4, 0.5) is 0 Å². The van der Waals surface area contributed by atoms with Crippen molar-refractivity contribution in [2.75, 3.05) is 46.4 Å². The summed E-state index contributed by atoms with van der Waals surface area (Å²) in [6, 6.07) is 7.60. The second kappa shape index (κ2) is 9.19. The molecule has 1 aliphatic heterocycles. The maximum absolute atomic E-state index is 10.9. The molecule has 0 aromatic heterocycles. The number of methoxy groups -OCH3 is 1. The molecule has 25 heavy (non-hydrogen) atoms. The second-order valence-corrected chi connectivity index (χ2v) is 7.41. The van der Waals surface area contributed by atoms with Crippen LogP contribution in [0.5, 0.6) is 5.75 Å². The number of aliphatic hydroxyl groups is 1. The molecular weight excluding hydrogens is 340 g/mol. The third kappa shape index (κ3) is 5.08. The molecule has 3 rings (SSSR count). The van der Waals surface area contributed by atoms with Gasteiger partial charge in [0.05, 0.1) is 6.61 Å². The molecule has 6 heteroatoms. The van der Waals surface area contributed by atoms with Crippen LogP contribution in [0, 0.1) is 0 Å². The van der Waals surface area contributed by atoms with Gasteiger partial charge in [0.15, 0.2) is 0 Å². The predicted molar refractivity (Wildman–Crippen MR) is 99.4 cm³/mol. The molecule has 2 aliphatic rings. The molecule has 5 nitrogen and oxygen atoms in total. The van der Waals surface area contributed by atoms with Crippen molar-refractivity contribution in [2.45, 2.75) is 37.5 Å². The molecule has 1 aliphatic carbocycles. The molecule has 0 amide bonds. The predicted octanol–water partition coefficient (Wildman–Crippen LogP) is 2.26. The van der Waals surface area contributed by atoms with Crippen molar-refractivity contribution in [3.63, 3.8) is 0 Å². The van der Waals surface area contributed by atoms with Crippen molar-refractivity contribution in [1.29, 1.82) is 0 Å². The standard InChI is InChI=1S/C19H29ClN2O3/c1-24-13-12-21-8-10-22(11-9-21)17-6-3-7-18(19(17)23)25-16-5-2-4-15(20)14-16/h2,4-5,14,17-19,23H,3,6-13H2,1H3/t17-,18+,19+/m0/s1. The molecule has 1 saturated carbocycles. The lowest BCUT2D eigenvalue weighted by atomic mass is 9.88. The van der Waals surface area contributed by atoms with Crippen LogP contribution >= 0.6 is 11.6 Å². The maximum Gasteiger partial charge on any atom is 0.126 e. The van der Waals surface area contributed by atoms with E-state index in [0.717, 1.165) is 64.3 Å². The number of hydrogen-bond donors (Lipinski definition) is 1. The summed E-state index contributed by atoms with van der Waals surface area (Å²) in [6.07, 6.45) is 2.38. The van der Waals surface area contributed by atoms with E-state index in [1.807, 2.05) is 24.3 Å². The Bertz CT molecular complexity index is 537. The number of aliphatic hydroxyl groups excluding tert-OH is 1. The van der Waals surface area contributed by atoms with Gasteiger partial charge in [0.1, 0.15) is 18.0 Å². The van der Waals surface area contributed by atoms with E-state index < -0.39 is 6.10 Å². The van der Waals surface area contributed by atoms with Gasteiger partial charge in [-0.05, 0) is 37.5 Å². The molecule has 1 saturated heterocycles. The summed E-state index contributed by atoms with van der Waals surface area (Å²) in [5, 5.41) is 11.5. The highest BCUT2D eigenvalue weighted by Crippen LogP contribution is 2.29. The highest BCUT2D eigenvalue weighted by Gasteiger charge is 2.37. The minimum absolute atomic E-state index is 0.163.